The van der Waals surface area contributed by atoms with Gasteiger partial charge in [0.05, 0.1) is 5.69 Å². The van der Waals surface area contributed by atoms with Gasteiger partial charge in [-0.1, -0.05) is 127 Å². The highest BCUT2D eigenvalue weighted by molar-refractivity contribution is 7.26. The van der Waals surface area contributed by atoms with Crippen LogP contribution in [0.1, 0.15) is 0 Å². The minimum absolute atomic E-state index is 0.914. The van der Waals surface area contributed by atoms with Crippen LogP contribution in [0.4, 0.5) is 17.1 Å². The largest absolute Gasteiger partial charge is 0.455 e. The molecule has 11 aromatic rings. The summed E-state index contributed by atoms with van der Waals surface area (Å²) in [7, 11) is 0. The number of nitrogens with zero attached hydrogens (tertiary/aromatic N) is 1. The van der Waals surface area contributed by atoms with Crippen molar-refractivity contribution in [1.82, 2.24) is 0 Å². The fourth-order valence-electron chi connectivity index (χ4n) is 8.20. The molecule has 2 aromatic heterocycles. The smallest absolute Gasteiger partial charge is 0.144 e. The summed E-state index contributed by atoms with van der Waals surface area (Å²) in [5, 5.41) is 9.73. The molecule has 0 spiro atoms. The predicted molar refractivity (Wildman–Crippen MR) is 227 cm³/mol. The van der Waals surface area contributed by atoms with Gasteiger partial charge in [-0.15, -0.1) is 11.3 Å². The van der Waals surface area contributed by atoms with E-state index < -0.39 is 0 Å². The predicted octanol–water partition coefficient (Wildman–Crippen LogP) is 15.1. The standard InChI is InChI=1S/C50H31NOS/c1-2-11-32(12-3-1)33-21-25-36(26-22-33)51(37-27-23-34(24-28-37)43-31-35-13-4-5-14-38(35)39-15-6-7-16-40(39)43)44-18-10-20-46-48(44)49-47(53-46)30-29-42-41-17-8-9-19-45(41)52-50(42)49/h1-31H. The summed E-state index contributed by atoms with van der Waals surface area (Å²) >= 11 is 1.82. The van der Waals surface area contributed by atoms with Crippen molar-refractivity contribution in [3.05, 3.63) is 188 Å². The number of benzene rings is 9. The van der Waals surface area contributed by atoms with E-state index in [0.717, 1.165) is 39.0 Å². The number of thiophene rings is 1. The fraction of sp³-hybridized carbons (Fsp3) is 0. The number of para-hydroxylation sites is 1. The van der Waals surface area contributed by atoms with Crippen LogP contribution in [0.5, 0.6) is 0 Å². The van der Waals surface area contributed by atoms with E-state index in [0.29, 0.717) is 0 Å². The van der Waals surface area contributed by atoms with E-state index >= 15 is 0 Å². The van der Waals surface area contributed by atoms with Crippen LogP contribution in [0.3, 0.4) is 0 Å². The van der Waals surface area contributed by atoms with E-state index in [2.05, 4.69) is 187 Å². The Morgan fingerprint density at radius 1 is 0.396 bits per heavy atom. The van der Waals surface area contributed by atoms with Crippen LogP contribution in [0, 0.1) is 0 Å². The van der Waals surface area contributed by atoms with Gasteiger partial charge in [0.1, 0.15) is 11.2 Å². The lowest BCUT2D eigenvalue weighted by Crippen LogP contribution is -2.10. The van der Waals surface area contributed by atoms with E-state index in [1.807, 2.05) is 17.4 Å². The summed E-state index contributed by atoms with van der Waals surface area (Å²) in [6.07, 6.45) is 0. The summed E-state index contributed by atoms with van der Waals surface area (Å²) in [5.74, 6) is 0. The van der Waals surface area contributed by atoms with E-state index in [-0.39, 0.29) is 0 Å². The van der Waals surface area contributed by atoms with Gasteiger partial charge in [-0.3, -0.25) is 0 Å². The third-order valence-electron chi connectivity index (χ3n) is 10.7. The molecule has 0 radical (unpaired) electrons. The maximum atomic E-state index is 6.66. The van der Waals surface area contributed by atoms with Crippen LogP contribution in [-0.2, 0) is 0 Å². The molecule has 0 bridgehead atoms. The molecule has 0 saturated heterocycles. The van der Waals surface area contributed by atoms with Crippen LogP contribution >= 0.6 is 11.3 Å². The van der Waals surface area contributed by atoms with Crippen LogP contribution in [0.2, 0.25) is 0 Å². The molecule has 0 amide bonds. The second kappa shape index (κ2) is 11.9. The molecule has 53 heavy (non-hydrogen) atoms. The molecule has 2 nitrogen and oxygen atoms in total. The molecule has 0 aliphatic carbocycles. The minimum atomic E-state index is 0.914. The summed E-state index contributed by atoms with van der Waals surface area (Å²) in [4.78, 5) is 2.41. The maximum Gasteiger partial charge on any atom is 0.144 e. The first-order valence-electron chi connectivity index (χ1n) is 18.0. The lowest BCUT2D eigenvalue weighted by molar-refractivity contribution is 0.673. The van der Waals surface area contributed by atoms with Gasteiger partial charge in [0.2, 0.25) is 0 Å². The van der Waals surface area contributed by atoms with Crippen LogP contribution < -0.4 is 4.90 Å². The molecule has 0 saturated carbocycles. The second-order valence-corrected chi connectivity index (χ2v) is 14.7. The highest BCUT2D eigenvalue weighted by atomic mass is 32.1. The minimum Gasteiger partial charge on any atom is -0.455 e. The zero-order chi connectivity index (χ0) is 34.9. The van der Waals surface area contributed by atoms with E-state index in [4.69, 9.17) is 4.42 Å². The van der Waals surface area contributed by atoms with Crippen molar-refractivity contribution >= 4 is 92.1 Å². The Kier molecular flexibility index (Phi) is 6.76. The van der Waals surface area contributed by atoms with Crippen LogP contribution in [-0.4, -0.2) is 0 Å². The molecule has 0 unspecified atom stereocenters. The van der Waals surface area contributed by atoms with E-state index in [1.165, 1.54) is 64.0 Å². The first kappa shape index (κ1) is 30.0. The average molecular weight is 694 g/mol. The number of furan rings is 1. The van der Waals surface area contributed by atoms with Crippen molar-refractivity contribution in [2.45, 2.75) is 0 Å². The number of hydrogen-bond donors (Lipinski definition) is 0. The Bertz CT molecular complexity index is 3150. The molecular weight excluding hydrogens is 663 g/mol. The van der Waals surface area contributed by atoms with E-state index in [1.54, 1.807) is 0 Å². The van der Waals surface area contributed by atoms with Crippen molar-refractivity contribution in [3.8, 4) is 22.3 Å². The van der Waals surface area contributed by atoms with Gasteiger partial charge in [0.15, 0.2) is 0 Å². The monoisotopic (exact) mass is 693 g/mol. The number of fused-ring (bicyclic) bond motifs is 10. The Labute approximate surface area is 310 Å². The lowest BCUT2D eigenvalue weighted by atomic mass is 9.93. The molecular formula is C50H31NOS. The maximum absolute atomic E-state index is 6.66. The molecule has 11 rings (SSSR count). The second-order valence-electron chi connectivity index (χ2n) is 13.7. The number of hydrogen-bond acceptors (Lipinski definition) is 3. The molecule has 248 valence electrons. The lowest BCUT2D eigenvalue weighted by Gasteiger charge is -2.27. The molecule has 0 fully saturated rings. The van der Waals surface area contributed by atoms with Crippen molar-refractivity contribution in [2.75, 3.05) is 4.90 Å². The van der Waals surface area contributed by atoms with Crippen LogP contribution in [0.25, 0.3) is 85.9 Å². The summed E-state index contributed by atoms with van der Waals surface area (Å²) in [5.41, 5.74) is 10.00. The topological polar surface area (TPSA) is 16.4 Å². The summed E-state index contributed by atoms with van der Waals surface area (Å²) in [6, 6.07) is 67.9. The number of rotatable bonds is 5. The van der Waals surface area contributed by atoms with Crippen molar-refractivity contribution in [3.63, 3.8) is 0 Å². The molecule has 0 aliphatic heterocycles. The Balaban J connectivity index is 1.13. The molecule has 3 heteroatoms. The third-order valence-corrected chi connectivity index (χ3v) is 11.8. The third kappa shape index (κ3) is 4.78. The summed E-state index contributed by atoms with van der Waals surface area (Å²) in [6.45, 7) is 0. The quantitative estimate of drug-likeness (QED) is 0.167. The van der Waals surface area contributed by atoms with Gasteiger partial charge in [-0.25, -0.2) is 0 Å². The summed E-state index contributed by atoms with van der Waals surface area (Å²) < 4.78 is 9.11. The normalized spacial score (nSPS) is 11.8. The number of anilines is 3. The Morgan fingerprint density at radius 2 is 1.02 bits per heavy atom. The molecule has 0 aliphatic rings. The average Bonchev–Trinajstić information content (AvgIpc) is 3.81. The zero-order valence-electron chi connectivity index (χ0n) is 28.7. The van der Waals surface area contributed by atoms with Crippen LogP contribution in [0.15, 0.2) is 192 Å². The van der Waals surface area contributed by atoms with Gasteiger partial charge in [-0.2, -0.15) is 0 Å². The highest BCUT2D eigenvalue weighted by Gasteiger charge is 2.22. The first-order valence-corrected chi connectivity index (χ1v) is 18.8. The van der Waals surface area contributed by atoms with Gasteiger partial charge in [0.25, 0.3) is 0 Å². The SMILES string of the molecule is c1ccc(-c2ccc(N(c3ccc(-c4cc5ccccc5c5ccccc45)cc3)c3cccc4sc5ccc6c7ccccc7oc6c5c34)cc2)cc1. The van der Waals surface area contributed by atoms with Crippen molar-refractivity contribution < 1.29 is 4.42 Å². The van der Waals surface area contributed by atoms with Crippen molar-refractivity contribution in [1.29, 1.82) is 0 Å². The highest BCUT2D eigenvalue weighted by Crippen LogP contribution is 2.48. The molecule has 9 aromatic carbocycles. The first-order chi connectivity index (χ1) is 26.3. The van der Waals surface area contributed by atoms with Gasteiger partial charge < -0.3 is 9.32 Å². The molecule has 0 atom stereocenters. The Hall–Kier alpha value is -6.68. The molecule has 0 N–H and O–H groups in total. The van der Waals surface area contributed by atoms with Gasteiger partial charge in [-0.05, 0) is 104 Å². The molecule has 2 heterocycles. The van der Waals surface area contributed by atoms with Gasteiger partial charge >= 0.3 is 0 Å². The van der Waals surface area contributed by atoms with E-state index in [9.17, 15) is 0 Å². The Morgan fingerprint density at radius 3 is 1.81 bits per heavy atom. The van der Waals surface area contributed by atoms with Crippen molar-refractivity contribution in [2.24, 2.45) is 0 Å². The zero-order valence-corrected chi connectivity index (χ0v) is 29.5. The fourth-order valence-corrected chi connectivity index (χ4v) is 9.32. The van der Waals surface area contributed by atoms with Gasteiger partial charge in [0, 0.05) is 42.3 Å².